The summed E-state index contributed by atoms with van der Waals surface area (Å²) in [5.41, 5.74) is 2.22. The number of nitrogens with one attached hydrogen (secondary N) is 2. The number of nitrogens with zero attached hydrogens (tertiary/aromatic N) is 2. The number of aromatic nitrogens is 2. The largest absolute Gasteiger partial charge is 0.338 e. The molecule has 5 rings (SSSR count). The van der Waals surface area contributed by atoms with Crippen molar-refractivity contribution in [3.05, 3.63) is 46.3 Å². The van der Waals surface area contributed by atoms with Crippen molar-refractivity contribution in [2.24, 2.45) is 0 Å². The topological polar surface area (TPSA) is 95.2 Å². The van der Waals surface area contributed by atoms with Crippen LogP contribution in [0.1, 0.15) is 52.2 Å². The van der Waals surface area contributed by atoms with Gasteiger partial charge in [-0.3, -0.25) is 19.3 Å². The average molecular weight is 411 g/mol. The van der Waals surface area contributed by atoms with Gasteiger partial charge in [-0.25, -0.2) is 4.98 Å². The minimum Gasteiger partial charge on any atom is -0.338 e. The number of H-pyrrole nitrogens is 1. The standard InChI is InChI=1S/C21H19ClN4O3/c22-14-3-1-2-4-17(27)18(14)19-24-15-9-12-13(10-16(15)25-19)21(29)26(20(12)28)11-5-7-23-8-6-11/h1,3,9-11,23H,2,4-8H2,(H,24,25). The molecule has 3 aliphatic rings. The summed E-state index contributed by atoms with van der Waals surface area (Å²) in [4.78, 5) is 47.4. The number of hydrogen-bond acceptors (Lipinski definition) is 5. The Morgan fingerprint density at radius 2 is 1.79 bits per heavy atom. The van der Waals surface area contributed by atoms with E-state index in [4.69, 9.17) is 11.6 Å². The van der Waals surface area contributed by atoms with Crippen LogP contribution in [-0.2, 0) is 4.79 Å². The fraction of sp³-hybridized carbons (Fsp3) is 0.333. The minimum absolute atomic E-state index is 0.0788. The van der Waals surface area contributed by atoms with Crippen LogP contribution in [0, 0.1) is 0 Å². The summed E-state index contributed by atoms with van der Waals surface area (Å²) in [7, 11) is 0. The lowest BCUT2D eigenvalue weighted by Gasteiger charge is -2.29. The van der Waals surface area contributed by atoms with Gasteiger partial charge in [-0.05, 0) is 50.6 Å². The van der Waals surface area contributed by atoms with Gasteiger partial charge in [0.05, 0.1) is 32.8 Å². The Morgan fingerprint density at radius 1 is 1.07 bits per heavy atom. The monoisotopic (exact) mass is 410 g/mol. The highest BCUT2D eigenvalue weighted by atomic mass is 35.5. The Labute approximate surface area is 171 Å². The van der Waals surface area contributed by atoms with Gasteiger partial charge in [0, 0.05) is 12.5 Å². The molecule has 0 atom stereocenters. The molecule has 7 nitrogen and oxygen atoms in total. The first-order chi connectivity index (χ1) is 14.0. The Balaban J connectivity index is 1.55. The first kappa shape index (κ1) is 18.3. The number of hydrogen-bond donors (Lipinski definition) is 2. The normalized spacial score (nSPS) is 20.7. The smallest absolute Gasteiger partial charge is 0.261 e. The van der Waals surface area contributed by atoms with Crippen LogP contribution in [0.25, 0.3) is 16.6 Å². The van der Waals surface area contributed by atoms with Crippen LogP contribution in [0.15, 0.2) is 29.3 Å². The molecule has 2 amide bonds. The van der Waals surface area contributed by atoms with Crippen LogP contribution in [-0.4, -0.2) is 51.6 Å². The predicted molar refractivity (Wildman–Crippen MR) is 109 cm³/mol. The quantitative estimate of drug-likeness (QED) is 0.742. The molecule has 148 valence electrons. The number of carbonyl (C=O) groups is 3. The van der Waals surface area contributed by atoms with Gasteiger partial charge in [-0.1, -0.05) is 17.7 Å². The zero-order valence-corrected chi connectivity index (χ0v) is 16.4. The number of amides is 2. The zero-order chi connectivity index (χ0) is 20.1. The number of allylic oxidation sites excluding steroid dienone is 4. The summed E-state index contributed by atoms with van der Waals surface area (Å²) in [5.74, 6) is -0.258. The Morgan fingerprint density at radius 3 is 2.55 bits per heavy atom. The van der Waals surface area contributed by atoms with E-state index in [9.17, 15) is 14.4 Å². The van der Waals surface area contributed by atoms with Gasteiger partial charge in [0.2, 0.25) is 0 Å². The molecule has 1 aromatic heterocycles. The number of Topliss-reactive ketones (excluding diaryl/α,β-unsaturated/α-hetero) is 1. The van der Waals surface area contributed by atoms with Crippen molar-refractivity contribution in [3.8, 4) is 0 Å². The Kier molecular flexibility index (Phi) is 4.37. The van der Waals surface area contributed by atoms with E-state index in [-0.39, 0.29) is 23.6 Å². The maximum absolute atomic E-state index is 13.0. The van der Waals surface area contributed by atoms with E-state index in [1.807, 2.05) is 6.08 Å². The molecule has 29 heavy (non-hydrogen) atoms. The second kappa shape index (κ2) is 6.93. The number of halogens is 1. The van der Waals surface area contributed by atoms with E-state index >= 15 is 0 Å². The minimum atomic E-state index is -0.269. The van der Waals surface area contributed by atoms with Crippen LogP contribution < -0.4 is 5.32 Å². The number of benzene rings is 1. The molecular formula is C21H19ClN4O3. The lowest BCUT2D eigenvalue weighted by atomic mass is 10.1. The summed E-state index contributed by atoms with van der Waals surface area (Å²) in [6, 6.07) is 3.22. The molecule has 2 aromatic rings. The molecule has 2 N–H and O–H groups in total. The molecule has 0 radical (unpaired) electrons. The number of rotatable bonds is 2. The third-order valence-electron chi connectivity index (χ3n) is 5.75. The molecule has 2 aliphatic heterocycles. The highest BCUT2D eigenvalue weighted by Gasteiger charge is 2.40. The molecule has 8 heteroatoms. The second-order valence-corrected chi connectivity index (χ2v) is 7.96. The van der Waals surface area contributed by atoms with E-state index in [1.54, 1.807) is 18.2 Å². The van der Waals surface area contributed by atoms with Gasteiger partial charge in [-0.15, -0.1) is 0 Å². The number of imide groups is 1. The fourth-order valence-corrected chi connectivity index (χ4v) is 4.55. The third-order valence-corrected chi connectivity index (χ3v) is 6.07. The van der Waals surface area contributed by atoms with Gasteiger partial charge in [-0.2, -0.15) is 0 Å². The number of carbonyl (C=O) groups excluding carboxylic acids is 3. The maximum atomic E-state index is 13.0. The van der Waals surface area contributed by atoms with E-state index in [0.29, 0.717) is 51.4 Å². The van der Waals surface area contributed by atoms with Crippen molar-refractivity contribution >= 4 is 45.8 Å². The molecular weight excluding hydrogens is 392 g/mol. The van der Waals surface area contributed by atoms with Crippen LogP contribution in [0.4, 0.5) is 0 Å². The van der Waals surface area contributed by atoms with Gasteiger partial charge in [0.25, 0.3) is 11.8 Å². The number of imidazole rings is 1. The van der Waals surface area contributed by atoms with Gasteiger partial charge in [0.15, 0.2) is 5.78 Å². The van der Waals surface area contributed by atoms with Crippen LogP contribution in [0.3, 0.4) is 0 Å². The summed E-state index contributed by atoms with van der Waals surface area (Å²) in [6.07, 6.45) is 6.07. The SMILES string of the molecule is O=C1CCC=CC(Cl)=C1c1nc2cc3c(cc2[nH]1)C(=O)N(C1CCNCC1)C3=O. The fourth-order valence-electron chi connectivity index (χ4n) is 4.27. The lowest BCUT2D eigenvalue weighted by molar-refractivity contribution is -0.113. The molecule has 3 heterocycles. The number of fused-ring (bicyclic) bond motifs is 2. The molecule has 1 fully saturated rings. The predicted octanol–water partition coefficient (Wildman–Crippen LogP) is 2.78. The molecule has 1 aliphatic carbocycles. The summed E-state index contributed by atoms with van der Waals surface area (Å²) in [6.45, 7) is 1.59. The van der Waals surface area contributed by atoms with Crippen molar-refractivity contribution in [2.45, 2.75) is 31.7 Å². The van der Waals surface area contributed by atoms with Crippen molar-refractivity contribution in [1.29, 1.82) is 0 Å². The van der Waals surface area contributed by atoms with E-state index < -0.39 is 0 Å². The van der Waals surface area contributed by atoms with Crippen molar-refractivity contribution in [3.63, 3.8) is 0 Å². The Bertz CT molecular complexity index is 1070. The Hall–Kier alpha value is -2.77. The lowest BCUT2D eigenvalue weighted by Crippen LogP contribution is -2.45. The summed E-state index contributed by atoms with van der Waals surface area (Å²) < 4.78 is 0. The van der Waals surface area contributed by atoms with Crippen LogP contribution in [0.5, 0.6) is 0 Å². The molecule has 0 unspecified atom stereocenters. The van der Waals surface area contributed by atoms with Crippen molar-refractivity contribution in [1.82, 2.24) is 20.2 Å². The average Bonchev–Trinajstić information content (AvgIpc) is 3.16. The number of ketones is 1. The van der Waals surface area contributed by atoms with E-state index in [1.165, 1.54) is 4.90 Å². The maximum Gasteiger partial charge on any atom is 0.261 e. The third kappa shape index (κ3) is 2.92. The van der Waals surface area contributed by atoms with Crippen molar-refractivity contribution in [2.75, 3.05) is 13.1 Å². The molecule has 0 bridgehead atoms. The van der Waals surface area contributed by atoms with Gasteiger partial charge in [0.1, 0.15) is 5.82 Å². The van der Waals surface area contributed by atoms with Gasteiger partial charge >= 0.3 is 0 Å². The van der Waals surface area contributed by atoms with Crippen molar-refractivity contribution < 1.29 is 14.4 Å². The molecule has 1 saturated heterocycles. The van der Waals surface area contributed by atoms with Crippen LogP contribution >= 0.6 is 11.6 Å². The van der Waals surface area contributed by atoms with Gasteiger partial charge < -0.3 is 10.3 Å². The first-order valence-electron chi connectivity index (χ1n) is 9.77. The second-order valence-electron chi connectivity index (χ2n) is 7.55. The summed E-state index contributed by atoms with van der Waals surface area (Å²) in [5, 5.41) is 3.59. The van der Waals surface area contributed by atoms with Crippen LogP contribution in [0.2, 0.25) is 0 Å². The molecule has 1 aromatic carbocycles. The van der Waals surface area contributed by atoms with E-state index in [2.05, 4.69) is 15.3 Å². The zero-order valence-electron chi connectivity index (χ0n) is 15.6. The first-order valence-corrected chi connectivity index (χ1v) is 10.1. The van der Waals surface area contributed by atoms with E-state index in [0.717, 1.165) is 25.9 Å². The summed E-state index contributed by atoms with van der Waals surface area (Å²) >= 11 is 6.29. The number of aromatic amines is 1. The highest BCUT2D eigenvalue weighted by Crippen LogP contribution is 2.32. The molecule has 0 spiro atoms. The number of piperidine rings is 1. The highest BCUT2D eigenvalue weighted by molar-refractivity contribution is 6.41. The molecule has 0 saturated carbocycles.